The normalized spacial score (nSPS) is 11.1. The van der Waals surface area contributed by atoms with E-state index in [0.29, 0.717) is 21.5 Å². The van der Waals surface area contributed by atoms with Crippen LogP contribution in [0, 0.1) is 0 Å². The molecule has 7 nitrogen and oxygen atoms in total. The SMILES string of the molecule is COc1c(C(=O)NC(=S)Nc2ccc(S(N)(=O)=O)cc2)cc2ccccc2c1Br. The number of nitrogens with two attached hydrogens (primary N) is 1. The average Bonchev–Trinajstić information content (AvgIpc) is 2.67. The van der Waals surface area contributed by atoms with E-state index in [9.17, 15) is 13.2 Å². The van der Waals surface area contributed by atoms with Crippen molar-refractivity contribution in [2.45, 2.75) is 4.90 Å². The number of halogens is 1. The summed E-state index contributed by atoms with van der Waals surface area (Å²) in [6.07, 6.45) is 0. The van der Waals surface area contributed by atoms with Crippen molar-refractivity contribution >= 4 is 65.7 Å². The molecule has 1 amide bonds. The van der Waals surface area contributed by atoms with E-state index in [1.807, 2.05) is 24.3 Å². The molecule has 0 saturated heterocycles. The summed E-state index contributed by atoms with van der Waals surface area (Å²) < 4.78 is 28.7. The van der Waals surface area contributed by atoms with Crippen LogP contribution in [0.3, 0.4) is 0 Å². The first-order valence-corrected chi connectivity index (χ1v) is 11.0. The first-order valence-electron chi connectivity index (χ1n) is 8.21. The van der Waals surface area contributed by atoms with Gasteiger partial charge in [-0.25, -0.2) is 13.6 Å². The number of sulfonamides is 1. The third-order valence-corrected chi connectivity index (χ3v) is 5.98. The largest absolute Gasteiger partial charge is 0.495 e. The lowest BCUT2D eigenvalue weighted by Crippen LogP contribution is -2.34. The molecule has 0 atom stereocenters. The van der Waals surface area contributed by atoms with Gasteiger partial charge in [-0.05, 0) is 69.3 Å². The zero-order valence-electron chi connectivity index (χ0n) is 15.1. The molecule has 150 valence electrons. The number of carbonyl (C=O) groups is 1. The highest BCUT2D eigenvalue weighted by atomic mass is 79.9. The van der Waals surface area contributed by atoms with Crippen LogP contribution in [0.1, 0.15) is 10.4 Å². The first-order chi connectivity index (χ1) is 13.7. The van der Waals surface area contributed by atoms with Crippen molar-refractivity contribution in [3.63, 3.8) is 0 Å². The Bertz CT molecular complexity index is 1210. The first kappa shape index (κ1) is 21.2. The number of primary sulfonamides is 1. The Labute approximate surface area is 181 Å². The van der Waals surface area contributed by atoms with Crippen LogP contribution in [0.25, 0.3) is 10.8 Å². The highest BCUT2D eigenvalue weighted by Gasteiger charge is 2.19. The number of anilines is 1. The summed E-state index contributed by atoms with van der Waals surface area (Å²) in [6, 6.07) is 15.0. The van der Waals surface area contributed by atoms with E-state index in [1.165, 1.54) is 31.4 Å². The number of amides is 1. The van der Waals surface area contributed by atoms with Crippen LogP contribution in [0.15, 0.2) is 64.0 Å². The smallest absolute Gasteiger partial charge is 0.261 e. The number of fused-ring (bicyclic) bond motifs is 1. The Morgan fingerprint density at radius 2 is 1.79 bits per heavy atom. The Morgan fingerprint density at radius 3 is 2.41 bits per heavy atom. The van der Waals surface area contributed by atoms with Gasteiger partial charge in [0, 0.05) is 5.69 Å². The van der Waals surface area contributed by atoms with E-state index >= 15 is 0 Å². The van der Waals surface area contributed by atoms with Gasteiger partial charge >= 0.3 is 0 Å². The fourth-order valence-corrected chi connectivity index (χ4v) is 4.18. The molecule has 3 aromatic carbocycles. The van der Waals surface area contributed by atoms with Gasteiger partial charge < -0.3 is 10.1 Å². The summed E-state index contributed by atoms with van der Waals surface area (Å²) in [6.45, 7) is 0. The lowest BCUT2D eigenvalue weighted by atomic mass is 10.1. The number of benzene rings is 3. The molecule has 3 aromatic rings. The zero-order valence-corrected chi connectivity index (χ0v) is 18.3. The van der Waals surface area contributed by atoms with E-state index in [1.54, 1.807) is 6.07 Å². The summed E-state index contributed by atoms with van der Waals surface area (Å²) in [5.74, 6) is -0.0616. The summed E-state index contributed by atoms with van der Waals surface area (Å²) >= 11 is 8.68. The zero-order chi connectivity index (χ0) is 21.2. The third kappa shape index (κ3) is 4.73. The fraction of sp³-hybridized carbons (Fsp3) is 0.0526. The van der Waals surface area contributed by atoms with Crippen molar-refractivity contribution in [2.75, 3.05) is 12.4 Å². The molecule has 0 radical (unpaired) electrons. The van der Waals surface area contributed by atoms with Crippen LogP contribution in [-0.4, -0.2) is 26.5 Å². The number of thiocarbonyl (C=S) groups is 1. The molecule has 10 heteroatoms. The minimum Gasteiger partial charge on any atom is -0.495 e. The number of ether oxygens (including phenoxy) is 1. The molecule has 0 bridgehead atoms. The average molecular weight is 494 g/mol. The second-order valence-electron chi connectivity index (χ2n) is 5.97. The fourth-order valence-electron chi connectivity index (χ4n) is 2.71. The second-order valence-corrected chi connectivity index (χ2v) is 8.73. The quantitative estimate of drug-likeness (QED) is 0.480. The lowest BCUT2D eigenvalue weighted by molar-refractivity contribution is 0.0975. The van der Waals surface area contributed by atoms with Gasteiger partial charge in [-0.2, -0.15) is 0 Å². The van der Waals surface area contributed by atoms with E-state index in [2.05, 4.69) is 26.6 Å². The van der Waals surface area contributed by atoms with E-state index < -0.39 is 15.9 Å². The third-order valence-electron chi connectivity index (χ3n) is 4.06. The van der Waals surface area contributed by atoms with Gasteiger partial charge in [0.15, 0.2) is 5.11 Å². The van der Waals surface area contributed by atoms with Crippen LogP contribution in [0.2, 0.25) is 0 Å². The van der Waals surface area contributed by atoms with Crippen molar-refractivity contribution in [3.05, 3.63) is 64.6 Å². The van der Waals surface area contributed by atoms with E-state index in [-0.39, 0.29) is 10.0 Å². The molecule has 0 aliphatic rings. The predicted octanol–water partition coefficient (Wildman–Crippen LogP) is 3.39. The highest BCUT2D eigenvalue weighted by molar-refractivity contribution is 9.10. The Kier molecular flexibility index (Phi) is 6.18. The van der Waals surface area contributed by atoms with Crippen molar-refractivity contribution in [3.8, 4) is 5.75 Å². The maximum absolute atomic E-state index is 12.8. The molecule has 4 N–H and O–H groups in total. The maximum atomic E-state index is 12.8. The molecule has 0 saturated carbocycles. The maximum Gasteiger partial charge on any atom is 0.261 e. The second kappa shape index (κ2) is 8.46. The molecular formula is C19H16BrN3O4S2. The molecule has 0 unspecified atom stereocenters. The Morgan fingerprint density at radius 1 is 1.14 bits per heavy atom. The summed E-state index contributed by atoms with van der Waals surface area (Å²) in [5.41, 5.74) is 0.807. The number of hydrogen-bond donors (Lipinski definition) is 3. The van der Waals surface area contributed by atoms with E-state index in [4.69, 9.17) is 22.1 Å². The van der Waals surface area contributed by atoms with Crippen LogP contribution in [0.4, 0.5) is 5.69 Å². The van der Waals surface area contributed by atoms with Gasteiger partial charge in [0.2, 0.25) is 10.0 Å². The van der Waals surface area contributed by atoms with Crippen molar-refractivity contribution in [2.24, 2.45) is 5.14 Å². The minimum atomic E-state index is -3.78. The standard InChI is InChI=1S/C19H16BrN3O4S2/c1-27-17-15(10-11-4-2-3-5-14(11)16(17)20)18(24)23-19(28)22-12-6-8-13(9-7-12)29(21,25)26/h2-10H,1H3,(H2,21,25,26)(H2,22,23,24,28). The van der Waals surface area contributed by atoms with Gasteiger partial charge in [0.05, 0.1) is 22.0 Å². The molecule has 0 aliphatic heterocycles. The number of hydrogen-bond acceptors (Lipinski definition) is 5. The minimum absolute atomic E-state index is 0.0243. The van der Waals surface area contributed by atoms with Gasteiger partial charge in [-0.15, -0.1) is 0 Å². The molecule has 0 fully saturated rings. The molecule has 0 heterocycles. The predicted molar refractivity (Wildman–Crippen MR) is 120 cm³/mol. The van der Waals surface area contributed by atoms with Gasteiger partial charge in [0.25, 0.3) is 5.91 Å². The topological polar surface area (TPSA) is 111 Å². The monoisotopic (exact) mass is 493 g/mol. The number of methoxy groups -OCH3 is 1. The summed E-state index contributed by atoms with van der Waals surface area (Å²) in [5, 5.41) is 12.3. The van der Waals surface area contributed by atoms with Gasteiger partial charge in [-0.1, -0.05) is 24.3 Å². The Hall–Kier alpha value is -2.53. The number of rotatable bonds is 4. The highest BCUT2D eigenvalue weighted by Crippen LogP contribution is 2.36. The molecule has 0 aliphatic carbocycles. The molecular weight excluding hydrogens is 478 g/mol. The van der Waals surface area contributed by atoms with E-state index in [0.717, 1.165) is 10.8 Å². The molecule has 29 heavy (non-hydrogen) atoms. The van der Waals surface area contributed by atoms with Crippen molar-refractivity contribution < 1.29 is 17.9 Å². The molecule has 0 spiro atoms. The summed E-state index contributed by atoms with van der Waals surface area (Å²) in [4.78, 5) is 12.7. The molecule has 0 aromatic heterocycles. The number of carbonyl (C=O) groups excluding carboxylic acids is 1. The Balaban J connectivity index is 1.80. The lowest BCUT2D eigenvalue weighted by Gasteiger charge is -2.14. The van der Waals surface area contributed by atoms with Gasteiger partial charge in [-0.3, -0.25) is 10.1 Å². The summed E-state index contributed by atoms with van der Waals surface area (Å²) in [7, 11) is -2.30. The molecule has 3 rings (SSSR count). The van der Waals surface area contributed by atoms with Crippen LogP contribution in [-0.2, 0) is 10.0 Å². The van der Waals surface area contributed by atoms with Gasteiger partial charge in [0.1, 0.15) is 5.75 Å². The van der Waals surface area contributed by atoms with Crippen molar-refractivity contribution in [1.29, 1.82) is 0 Å². The van der Waals surface area contributed by atoms with Crippen LogP contribution in [0.5, 0.6) is 5.75 Å². The van der Waals surface area contributed by atoms with Crippen molar-refractivity contribution in [1.82, 2.24) is 5.32 Å². The number of nitrogens with one attached hydrogen (secondary N) is 2. The van der Waals surface area contributed by atoms with Crippen LogP contribution < -0.4 is 20.5 Å². The van der Waals surface area contributed by atoms with Crippen LogP contribution >= 0.6 is 28.1 Å².